The molecule has 1 aliphatic heterocycles. The number of hydrogen-bond donors (Lipinski definition) is 1. The third kappa shape index (κ3) is 3.16. The maximum Gasteiger partial charge on any atom is 0.0309 e. The van der Waals surface area contributed by atoms with Crippen LogP contribution in [0.1, 0.15) is 73.1 Å². The van der Waals surface area contributed by atoms with Crippen molar-refractivity contribution in [2.75, 3.05) is 13.1 Å². The number of hydrogen-bond acceptors (Lipinski definition) is 2. The molecule has 1 saturated carbocycles. The second kappa shape index (κ2) is 5.73. The molecular weight excluding hydrogens is 232 g/mol. The molecule has 1 heterocycles. The van der Waals surface area contributed by atoms with E-state index in [2.05, 4.69) is 44.8 Å². The van der Waals surface area contributed by atoms with Gasteiger partial charge in [-0.25, -0.2) is 0 Å². The summed E-state index contributed by atoms with van der Waals surface area (Å²) in [5, 5.41) is 3.93. The third-order valence-electron chi connectivity index (χ3n) is 5.53. The minimum atomic E-state index is 0.349. The van der Waals surface area contributed by atoms with Crippen molar-refractivity contribution in [1.82, 2.24) is 10.2 Å². The van der Waals surface area contributed by atoms with Crippen molar-refractivity contribution < 1.29 is 0 Å². The smallest absolute Gasteiger partial charge is 0.0309 e. The van der Waals surface area contributed by atoms with E-state index >= 15 is 0 Å². The van der Waals surface area contributed by atoms with Crippen LogP contribution in [-0.2, 0) is 0 Å². The topological polar surface area (TPSA) is 15.3 Å². The Labute approximate surface area is 120 Å². The monoisotopic (exact) mass is 266 g/mol. The molecule has 112 valence electrons. The molecule has 0 radical (unpaired) electrons. The van der Waals surface area contributed by atoms with Crippen molar-refractivity contribution in [3.63, 3.8) is 0 Å². The van der Waals surface area contributed by atoms with Gasteiger partial charge in [-0.3, -0.25) is 4.90 Å². The maximum atomic E-state index is 3.93. The second-order valence-electron chi connectivity index (χ2n) is 7.87. The molecule has 1 atom stereocenters. The molecule has 1 spiro atoms. The molecule has 0 aromatic heterocycles. The zero-order valence-electron chi connectivity index (χ0n) is 13.8. The Bertz CT molecular complexity index is 290. The van der Waals surface area contributed by atoms with E-state index in [1.54, 1.807) is 0 Å². The highest BCUT2D eigenvalue weighted by atomic mass is 15.3. The van der Waals surface area contributed by atoms with E-state index in [9.17, 15) is 0 Å². The molecule has 0 aromatic carbocycles. The van der Waals surface area contributed by atoms with Crippen LogP contribution in [0.2, 0.25) is 0 Å². The van der Waals surface area contributed by atoms with Crippen LogP contribution in [0.15, 0.2) is 0 Å². The van der Waals surface area contributed by atoms with Gasteiger partial charge in [0.25, 0.3) is 0 Å². The maximum absolute atomic E-state index is 3.93. The van der Waals surface area contributed by atoms with Crippen LogP contribution >= 0.6 is 0 Å². The Morgan fingerprint density at radius 2 is 1.89 bits per heavy atom. The predicted octanol–water partition coefficient (Wildman–Crippen LogP) is 3.81. The van der Waals surface area contributed by atoms with Crippen molar-refractivity contribution in [1.29, 1.82) is 0 Å². The van der Waals surface area contributed by atoms with Gasteiger partial charge in [-0.2, -0.15) is 0 Å². The molecule has 0 aromatic rings. The van der Waals surface area contributed by atoms with Crippen LogP contribution in [0.4, 0.5) is 0 Å². The number of piperazine rings is 1. The summed E-state index contributed by atoms with van der Waals surface area (Å²) in [7, 11) is 0. The van der Waals surface area contributed by atoms with Crippen molar-refractivity contribution >= 4 is 0 Å². The molecular formula is C17H34N2. The molecule has 2 nitrogen and oxygen atoms in total. The lowest BCUT2D eigenvalue weighted by atomic mass is 9.83. The normalized spacial score (nSPS) is 28.4. The SMILES string of the molecule is CCCC(C)(C)N1CC2(CCCC2)NCC1C(C)C. The van der Waals surface area contributed by atoms with Crippen molar-refractivity contribution in [3.05, 3.63) is 0 Å². The molecule has 0 amide bonds. The van der Waals surface area contributed by atoms with Gasteiger partial charge < -0.3 is 5.32 Å². The van der Waals surface area contributed by atoms with Gasteiger partial charge in [-0.15, -0.1) is 0 Å². The molecule has 2 aliphatic rings. The number of nitrogens with zero attached hydrogens (tertiary/aromatic N) is 1. The average molecular weight is 266 g/mol. The van der Waals surface area contributed by atoms with Gasteiger partial charge >= 0.3 is 0 Å². The largest absolute Gasteiger partial charge is 0.308 e. The van der Waals surface area contributed by atoms with E-state index in [1.807, 2.05) is 0 Å². The summed E-state index contributed by atoms with van der Waals surface area (Å²) in [5.41, 5.74) is 0.789. The lowest BCUT2D eigenvalue weighted by Gasteiger charge is -2.54. The summed E-state index contributed by atoms with van der Waals surface area (Å²) in [6.45, 7) is 14.5. The zero-order valence-corrected chi connectivity index (χ0v) is 13.8. The van der Waals surface area contributed by atoms with Crippen molar-refractivity contribution in [2.45, 2.75) is 90.3 Å². The first-order valence-electron chi connectivity index (χ1n) is 8.42. The first kappa shape index (κ1) is 15.3. The molecule has 0 bridgehead atoms. The third-order valence-corrected chi connectivity index (χ3v) is 5.53. The highest BCUT2D eigenvalue weighted by Crippen LogP contribution is 2.38. The minimum Gasteiger partial charge on any atom is -0.308 e. The van der Waals surface area contributed by atoms with E-state index < -0.39 is 0 Å². The Morgan fingerprint density at radius 3 is 2.42 bits per heavy atom. The Kier molecular flexibility index (Phi) is 4.62. The van der Waals surface area contributed by atoms with Crippen LogP contribution in [0.5, 0.6) is 0 Å². The summed E-state index contributed by atoms with van der Waals surface area (Å²) in [6.07, 6.45) is 8.21. The van der Waals surface area contributed by atoms with Gasteiger partial charge in [0.15, 0.2) is 0 Å². The second-order valence-corrected chi connectivity index (χ2v) is 7.87. The van der Waals surface area contributed by atoms with Gasteiger partial charge in [0.1, 0.15) is 0 Å². The van der Waals surface area contributed by atoms with Crippen LogP contribution in [0, 0.1) is 5.92 Å². The van der Waals surface area contributed by atoms with Crippen LogP contribution in [0.25, 0.3) is 0 Å². The first-order chi connectivity index (χ1) is 8.90. The lowest BCUT2D eigenvalue weighted by molar-refractivity contribution is -0.0206. The highest BCUT2D eigenvalue weighted by Gasteiger charge is 2.45. The fourth-order valence-corrected chi connectivity index (χ4v) is 4.33. The van der Waals surface area contributed by atoms with Gasteiger partial charge in [0.2, 0.25) is 0 Å². The first-order valence-corrected chi connectivity index (χ1v) is 8.42. The lowest BCUT2D eigenvalue weighted by Crippen LogP contribution is -2.68. The quantitative estimate of drug-likeness (QED) is 0.832. The number of nitrogens with one attached hydrogen (secondary N) is 1. The predicted molar refractivity (Wildman–Crippen MR) is 83.5 cm³/mol. The summed E-state index contributed by atoms with van der Waals surface area (Å²) in [5.74, 6) is 0.738. The summed E-state index contributed by atoms with van der Waals surface area (Å²) in [4.78, 5) is 2.85. The molecule has 1 unspecified atom stereocenters. The van der Waals surface area contributed by atoms with Gasteiger partial charge in [0, 0.05) is 30.2 Å². The van der Waals surface area contributed by atoms with Gasteiger partial charge in [-0.1, -0.05) is 40.0 Å². The van der Waals surface area contributed by atoms with Crippen molar-refractivity contribution in [2.24, 2.45) is 5.92 Å². The van der Waals surface area contributed by atoms with E-state index in [1.165, 1.54) is 51.6 Å². The molecule has 1 aliphatic carbocycles. The summed E-state index contributed by atoms with van der Waals surface area (Å²) < 4.78 is 0. The molecule has 2 rings (SSSR count). The Balaban J connectivity index is 2.17. The highest BCUT2D eigenvalue weighted by molar-refractivity contribution is 5.04. The average Bonchev–Trinajstić information content (AvgIpc) is 2.77. The van der Waals surface area contributed by atoms with Crippen molar-refractivity contribution in [3.8, 4) is 0 Å². The summed E-state index contributed by atoms with van der Waals surface area (Å²) in [6, 6.07) is 0.702. The fraction of sp³-hybridized carbons (Fsp3) is 1.00. The van der Waals surface area contributed by atoms with E-state index in [4.69, 9.17) is 0 Å². The van der Waals surface area contributed by atoms with E-state index in [-0.39, 0.29) is 0 Å². The number of rotatable bonds is 4. The van der Waals surface area contributed by atoms with E-state index in [0.717, 1.165) is 5.92 Å². The Hall–Kier alpha value is -0.0800. The van der Waals surface area contributed by atoms with Crippen LogP contribution in [-0.4, -0.2) is 35.1 Å². The molecule has 2 heteroatoms. The van der Waals surface area contributed by atoms with Crippen LogP contribution < -0.4 is 5.32 Å². The molecule has 1 saturated heterocycles. The fourth-order valence-electron chi connectivity index (χ4n) is 4.33. The molecule has 2 fully saturated rings. The van der Waals surface area contributed by atoms with Gasteiger partial charge in [0.05, 0.1) is 0 Å². The van der Waals surface area contributed by atoms with E-state index in [0.29, 0.717) is 17.1 Å². The molecule has 1 N–H and O–H groups in total. The standard InChI is InChI=1S/C17H34N2/c1-6-9-16(4,5)19-13-17(10-7-8-11-17)18-12-15(19)14(2)3/h14-15,18H,6-13H2,1-5H3. The van der Waals surface area contributed by atoms with Gasteiger partial charge in [-0.05, 0) is 39.0 Å². The zero-order chi connectivity index (χ0) is 14.1. The molecule has 19 heavy (non-hydrogen) atoms. The summed E-state index contributed by atoms with van der Waals surface area (Å²) >= 11 is 0. The minimum absolute atomic E-state index is 0.349. The Morgan fingerprint density at radius 1 is 1.26 bits per heavy atom. The van der Waals surface area contributed by atoms with Crippen LogP contribution in [0.3, 0.4) is 0 Å².